The summed E-state index contributed by atoms with van der Waals surface area (Å²) >= 11 is 0. The number of hydrogen-bond donors (Lipinski definition) is 1. The number of sulfonamides is 1. The summed E-state index contributed by atoms with van der Waals surface area (Å²) < 4.78 is 65.2. The van der Waals surface area contributed by atoms with Crippen LogP contribution in [0.15, 0.2) is 42.6 Å². The zero-order valence-corrected chi connectivity index (χ0v) is 13.8. The lowest BCUT2D eigenvalue weighted by atomic mass is 10.1. The van der Waals surface area contributed by atoms with Gasteiger partial charge in [-0.05, 0) is 42.3 Å². The van der Waals surface area contributed by atoms with E-state index in [4.69, 9.17) is 0 Å². The van der Waals surface area contributed by atoms with Crippen LogP contribution in [-0.2, 0) is 16.2 Å². The third-order valence-corrected chi connectivity index (χ3v) is 4.83. The summed E-state index contributed by atoms with van der Waals surface area (Å²) in [5.41, 5.74) is 1.61. The molecule has 0 amide bonds. The minimum absolute atomic E-state index is 0.0563. The molecule has 0 aliphatic heterocycles. The maximum atomic E-state index is 12.9. The zero-order chi connectivity index (χ0) is 18.2. The molecule has 0 saturated heterocycles. The van der Waals surface area contributed by atoms with Crippen LogP contribution in [0.2, 0.25) is 0 Å². The maximum absolute atomic E-state index is 12.9. The molecule has 1 N–H and O–H groups in total. The number of hydrogen-bond acceptors (Lipinski definition) is 4. The Morgan fingerprint density at radius 3 is 2.28 bits per heavy atom. The number of benzene rings is 1. The van der Waals surface area contributed by atoms with Crippen LogP contribution in [0.5, 0.6) is 0 Å². The van der Waals surface area contributed by atoms with Gasteiger partial charge in [0.1, 0.15) is 0 Å². The molecule has 10 heteroatoms. The topological polar surface area (TPSA) is 76.4 Å². The Bertz CT molecular complexity index is 1010. The van der Waals surface area contributed by atoms with E-state index in [0.29, 0.717) is 16.8 Å². The van der Waals surface area contributed by atoms with E-state index in [1.165, 1.54) is 19.2 Å². The Labute approximate surface area is 141 Å². The number of nitrogens with zero attached hydrogens (tertiary/aromatic N) is 3. The van der Waals surface area contributed by atoms with Crippen LogP contribution in [0.3, 0.4) is 0 Å². The number of anilines is 1. The van der Waals surface area contributed by atoms with Gasteiger partial charge in [-0.25, -0.2) is 8.42 Å². The molecule has 0 bridgehead atoms. The van der Waals surface area contributed by atoms with Crippen LogP contribution in [0, 0.1) is 0 Å². The number of rotatable bonds is 4. The number of pyridine rings is 1. The lowest BCUT2D eigenvalue weighted by Gasteiger charge is -2.08. The van der Waals surface area contributed by atoms with Gasteiger partial charge in [0, 0.05) is 11.9 Å². The average molecular weight is 370 g/mol. The van der Waals surface area contributed by atoms with E-state index in [1.807, 2.05) is 0 Å². The van der Waals surface area contributed by atoms with Crippen molar-refractivity contribution in [1.29, 1.82) is 0 Å². The first kappa shape index (κ1) is 17.2. The molecule has 132 valence electrons. The summed E-state index contributed by atoms with van der Waals surface area (Å²) in [6.07, 6.45) is -3.32. The van der Waals surface area contributed by atoms with Crippen LogP contribution in [0.25, 0.3) is 16.8 Å². The molecule has 2 heterocycles. The summed E-state index contributed by atoms with van der Waals surface area (Å²) in [6.45, 7) is 1.52. The highest BCUT2D eigenvalue weighted by Gasteiger charge is 2.36. The van der Waals surface area contributed by atoms with Crippen molar-refractivity contribution in [2.75, 3.05) is 10.5 Å². The fourth-order valence-electron chi connectivity index (χ4n) is 2.24. The Hall–Kier alpha value is -2.62. The Kier molecular flexibility index (Phi) is 4.15. The van der Waals surface area contributed by atoms with Gasteiger partial charge < -0.3 is 0 Å². The van der Waals surface area contributed by atoms with Crippen molar-refractivity contribution in [2.45, 2.75) is 13.1 Å². The first-order valence-corrected chi connectivity index (χ1v) is 8.88. The summed E-state index contributed by atoms with van der Waals surface area (Å²) in [6, 6.07) is 9.38. The van der Waals surface area contributed by atoms with Gasteiger partial charge >= 0.3 is 6.18 Å². The van der Waals surface area contributed by atoms with E-state index in [2.05, 4.69) is 14.9 Å². The van der Waals surface area contributed by atoms with E-state index in [-0.39, 0.29) is 11.4 Å². The molecule has 0 unspecified atom stereocenters. The molecule has 0 spiro atoms. The van der Waals surface area contributed by atoms with Crippen molar-refractivity contribution in [2.24, 2.45) is 0 Å². The van der Waals surface area contributed by atoms with Crippen molar-refractivity contribution >= 4 is 21.4 Å². The van der Waals surface area contributed by atoms with E-state index in [9.17, 15) is 21.6 Å². The van der Waals surface area contributed by atoms with Crippen molar-refractivity contribution in [3.63, 3.8) is 0 Å². The van der Waals surface area contributed by atoms with E-state index in [0.717, 1.165) is 4.40 Å². The summed E-state index contributed by atoms with van der Waals surface area (Å²) in [7, 11) is -3.39. The van der Waals surface area contributed by atoms with Gasteiger partial charge in [0.15, 0.2) is 5.65 Å². The minimum Gasteiger partial charge on any atom is -0.284 e. The SMILES string of the molecule is CCS(=O)(=O)Nc1ccc(-c2ccc3nnc(C(F)(F)F)n3c2)cc1. The molecule has 6 nitrogen and oxygen atoms in total. The molecule has 0 radical (unpaired) electrons. The highest BCUT2D eigenvalue weighted by molar-refractivity contribution is 7.92. The van der Waals surface area contributed by atoms with E-state index < -0.39 is 22.0 Å². The van der Waals surface area contributed by atoms with Gasteiger partial charge in [-0.3, -0.25) is 9.12 Å². The number of fused-ring (bicyclic) bond motifs is 1. The second-order valence-corrected chi connectivity index (χ2v) is 7.26. The highest BCUT2D eigenvalue weighted by atomic mass is 32.2. The molecule has 1 aromatic carbocycles. The van der Waals surface area contributed by atoms with Crippen molar-refractivity contribution in [3.8, 4) is 11.1 Å². The third kappa shape index (κ3) is 3.58. The second-order valence-electron chi connectivity index (χ2n) is 5.25. The largest absolute Gasteiger partial charge is 0.452 e. The van der Waals surface area contributed by atoms with Gasteiger partial charge in [0.25, 0.3) is 0 Å². The molecule has 3 aromatic rings. The first-order valence-electron chi connectivity index (χ1n) is 7.22. The predicted octanol–water partition coefficient (Wildman–Crippen LogP) is 3.18. The second kappa shape index (κ2) is 6.03. The van der Waals surface area contributed by atoms with Gasteiger partial charge in [-0.15, -0.1) is 10.2 Å². The normalized spacial score (nSPS) is 12.5. The molecule has 2 aromatic heterocycles. The van der Waals surface area contributed by atoms with E-state index >= 15 is 0 Å². The molecule has 0 aliphatic carbocycles. The first-order chi connectivity index (χ1) is 11.7. The lowest BCUT2D eigenvalue weighted by molar-refractivity contribution is -0.145. The lowest BCUT2D eigenvalue weighted by Crippen LogP contribution is -2.14. The number of aromatic nitrogens is 3. The van der Waals surface area contributed by atoms with Crippen molar-refractivity contribution < 1.29 is 21.6 Å². The standard InChI is InChI=1S/C15H13F3N4O2S/c1-2-25(23,24)21-12-6-3-10(4-7-12)11-5-8-13-19-20-14(15(16,17)18)22(13)9-11/h3-9,21H,2H2,1H3. The quantitative estimate of drug-likeness (QED) is 0.765. The van der Waals surface area contributed by atoms with Crippen LogP contribution in [-0.4, -0.2) is 28.8 Å². The summed E-state index contributed by atoms with van der Waals surface area (Å²) in [5, 5.41) is 6.68. The molecular formula is C15H13F3N4O2S. The van der Waals surface area contributed by atoms with Gasteiger partial charge in [-0.2, -0.15) is 13.2 Å². The minimum atomic E-state index is -4.61. The predicted molar refractivity (Wildman–Crippen MR) is 86.5 cm³/mol. The average Bonchev–Trinajstić information content (AvgIpc) is 2.98. The number of alkyl halides is 3. The Morgan fingerprint density at radius 2 is 1.68 bits per heavy atom. The molecule has 0 saturated carbocycles. The summed E-state index contributed by atoms with van der Waals surface area (Å²) in [5.74, 6) is -1.16. The molecule has 0 aliphatic rings. The zero-order valence-electron chi connectivity index (χ0n) is 12.9. The van der Waals surface area contributed by atoms with Crippen LogP contribution < -0.4 is 4.72 Å². The van der Waals surface area contributed by atoms with Crippen LogP contribution in [0.1, 0.15) is 12.7 Å². The fourth-order valence-corrected chi connectivity index (χ4v) is 2.88. The van der Waals surface area contributed by atoms with Crippen LogP contribution in [0.4, 0.5) is 18.9 Å². The molecule has 0 fully saturated rings. The summed E-state index contributed by atoms with van der Waals surface area (Å²) in [4.78, 5) is 0. The monoisotopic (exact) mass is 370 g/mol. The van der Waals surface area contributed by atoms with Gasteiger partial charge in [0.2, 0.25) is 15.8 Å². The fraction of sp³-hybridized carbons (Fsp3) is 0.200. The molecule has 25 heavy (non-hydrogen) atoms. The third-order valence-electron chi connectivity index (χ3n) is 3.53. The molecule has 3 rings (SSSR count). The van der Waals surface area contributed by atoms with Crippen LogP contribution >= 0.6 is 0 Å². The highest BCUT2D eigenvalue weighted by Crippen LogP contribution is 2.29. The maximum Gasteiger partial charge on any atom is 0.452 e. The van der Waals surface area contributed by atoms with Crippen molar-refractivity contribution in [1.82, 2.24) is 14.6 Å². The molecular weight excluding hydrogens is 357 g/mol. The molecule has 0 atom stereocenters. The Morgan fingerprint density at radius 1 is 1.04 bits per heavy atom. The smallest absolute Gasteiger partial charge is 0.284 e. The van der Waals surface area contributed by atoms with Gasteiger partial charge in [0.05, 0.1) is 5.75 Å². The van der Waals surface area contributed by atoms with Gasteiger partial charge in [-0.1, -0.05) is 12.1 Å². The number of halogens is 3. The Balaban J connectivity index is 1.96. The number of nitrogens with one attached hydrogen (secondary N) is 1. The van der Waals surface area contributed by atoms with E-state index in [1.54, 1.807) is 30.3 Å². The van der Waals surface area contributed by atoms with Crippen molar-refractivity contribution in [3.05, 3.63) is 48.4 Å².